The number of rotatable bonds is 6. The first kappa shape index (κ1) is 17.9. The Morgan fingerprint density at radius 1 is 1.12 bits per heavy atom. The van der Waals surface area contributed by atoms with Crippen LogP contribution in [-0.4, -0.2) is 43.0 Å². The Bertz CT molecular complexity index is 922. The van der Waals surface area contributed by atoms with Gasteiger partial charge in [-0.05, 0) is 49.5 Å². The minimum absolute atomic E-state index is 0.147. The molecule has 0 fully saturated rings. The Hall–Kier alpha value is -2.92. The lowest BCUT2D eigenvalue weighted by Crippen LogP contribution is -2.19. The van der Waals surface area contributed by atoms with Crippen LogP contribution in [0.2, 0.25) is 0 Å². The average molecular weight is 349 g/mol. The summed E-state index contributed by atoms with van der Waals surface area (Å²) < 4.78 is 5.63. The minimum Gasteiger partial charge on any atom is -0.476 e. The van der Waals surface area contributed by atoms with Gasteiger partial charge in [0, 0.05) is 30.1 Å². The van der Waals surface area contributed by atoms with E-state index in [-0.39, 0.29) is 5.91 Å². The van der Waals surface area contributed by atoms with Crippen molar-refractivity contribution in [3.05, 3.63) is 65.9 Å². The van der Waals surface area contributed by atoms with Crippen LogP contribution in [0.5, 0.6) is 5.88 Å². The molecule has 2 aromatic carbocycles. The van der Waals surface area contributed by atoms with E-state index in [9.17, 15) is 4.79 Å². The van der Waals surface area contributed by atoms with E-state index in [1.165, 1.54) is 0 Å². The van der Waals surface area contributed by atoms with Crippen LogP contribution in [0.3, 0.4) is 0 Å². The maximum atomic E-state index is 12.8. The number of anilines is 1. The Kier molecular flexibility index (Phi) is 5.49. The normalized spacial score (nSPS) is 10.9. The number of aromatic nitrogens is 1. The first-order valence-corrected chi connectivity index (χ1v) is 8.58. The molecule has 0 atom stereocenters. The molecule has 1 amide bonds. The highest BCUT2D eigenvalue weighted by molar-refractivity contribution is 6.13. The van der Waals surface area contributed by atoms with E-state index >= 15 is 0 Å². The molecule has 0 unspecified atom stereocenters. The molecule has 134 valence electrons. The van der Waals surface area contributed by atoms with Gasteiger partial charge in [0.15, 0.2) is 0 Å². The van der Waals surface area contributed by atoms with Crippen LogP contribution < -0.4 is 10.1 Å². The molecule has 5 nitrogen and oxygen atoms in total. The largest absolute Gasteiger partial charge is 0.476 e. The number of nitrogens with zero attached hydrogens (tertiary/aromatic N) is 2. The molecule has 0 aliphatic carbocycles. The second-order valence-electron chi connectivity index (χ2n) is 6.46. The molecule has 1 N–H and O–H groups in total. The van der Waals surface area contributed by atoms with E-state index in [2.05, 4.69) is 10.3 Å². The van der Waals surface area contributed by atoms with Gasteiger partial charge >= 0.3 is 0 Å². The number of hydrogen-bond acceptors (Lipinski definition) is 4. The number of ether oxygens (including phenoxy) is 1. The Balaban J connectivity index is 1.77. The quantitative estimate of drug-likeness (QED) is 0.737. The highest BCUT2D eigenvalue weighted by Crippen LogP contribution is 2.23. The third-order valence-electron chi connectivity index (χ3n) is 4.17. The van der Waals surface area contributed by atoms with Crippen LogP contribution in [0.15, 0.2) is 54.7 Å². The summed E-state index contributed by atoms with van der Waals surface area (Å²) in [4.78, 5) is 19.0. The van der Waals surface area contributed by atoms with E-state index in [4.69, 9.17) is 4.74 Å². The van der Waals surface area contributed by atoms with Gasteiger partial charge in [-0.1, -0.05) is 30.3 Å². The number of carbonyl (C=O) groups is 1. The molecule has 0 bridgehead atoms. The summed E-state index contributed by atoms with van der Waals surface area (Å²) >= 11 is 0. The SMILES string of the molecule is Cc1ccc(C(=O)Nc2ccnc(OCCN(C)C)c2)c2ccccc12. The molecule has 0 saturated carbocycles. The second-order valence-corrected chi connectivity index (χ2v) is 6.46. The van der Waals surface area contributed by atoms with Gasteiger partial charge in [-0.3, -0.25) is 4.79 Å². The van der Waals surface area contributed by atoms with Gasteiger partial charge in [0.1, 0.15) is 6.61 Å². The second kappa shape index (κ2) is 7.97. The van der Waals surface area contributed by atoms with Crippen molar-refractivity contribution in [2.45, 2.75) is 6.92 Å². The van der Waals surface area contributed by atoms with Crippen molar-refractivity contribution in [3.8, 4) is 5.88 Å². The van der Waals surface area contributed by atoms with Gasteiger partial charge < -0.3 is 15.0 Å². The number of hydrogen-bond donors (Lipinski definition) is 1. The van der Waals surface area contributed by atoms with E-state index in [1.807, 2.05) is 62.3 Å². The predicted molar refractivity (Wildman–Crippen MR) is 105 cm³/mol. The molecule has 1 aromatic heterocycles. The van der Waals surface area contributed by atoms with Crippen molar-refractivity contribution in [2.24, 2.45) is 0 Å². The number of nitrogens with one attached hydrogen (secondary N) is 1. The standard InChI is InChI=1S/C21H23N3O2/c1-15-8-9-19(18-7-5-4-6-17(15)18)21(25)23-16-10-11-22-20(14-16)26-13-12-24(2)3/h4-11,14H,12-13H2,1-3H3,(H,22,23,25). The maximum absolute atomic E-state index is 12.8. The molecule has 0 aliphatic rings. The van der Waals surface area contributed by atoms with Crippen molar-refractivity contribution in [2.75, 3.05) is 32.6 Å². The number of pyridine rings is 1. The smallest absolute Gasteiger partial charge is 0.256 e. The van der Waals surface area contributed by atoms with Gasteiger partial charge in [0.05, 0.1) is 0 Å². The van der Waals surface area contributed by atoms with Gasteiger partial charge in [0.2, 0.25) is 5.88 Å². The molecular formula is C21H23N3O2. The van der Waals surface area contributed by atoms with Crippen molar-refractivity contribution in [1.82, 2.24) is 9.88 Å². The highest BCUT2D eigenvalue weighted by atomic mass is 16.5. The molecule has 0 spiro atoms. The fraction of sp³-hybridized carbons (Fsp3) is 0.238. The topological polar surface area (TPSA) is 54.5 Å². The van der Waals surface area contributed by atoms with Crippen LogP contribution in [0, 0.1) is 6.92 Å². The van der Waals surface area contributed by atoms with Gasteiger partial charge in [-0.15, -0.1) is 0 Å². The summed E-state index contributed by atoms with van der Waals surface area (Å²) in [6.45, 7) is 3.39. The lowest BCUT2D eigenvalue weighted by Gasteiger charge is -2.12. The molecular weight excluding hydrogens is 326 g/mol. The summed E-state index contributed by atoms with van der Waals surface area (Å²) in [7, 11) is 3.97. The minimum atomic E-state index is -0.147. The molecule has 26 heavy (non-hydrogen) atoms. The molecule has 0 aliphatic heterocycles. The number of likely N-dealkylation sites (N-methyl/N-ethyl adjacent to an activating group) is 1. The average Bonchev–Trinajstić information content (AvgIpc) is 2.62. The van der Waals surface area contributed by atoms with Crippen molar-refractivity contribution in [1.29, 1.82) is 0 Å². The Morgan fingerprint density at radius 2 is 1.88 bits per heavy atom. The number of aryl methyl sites for hydroxylation is 1. The predicted octanol–water partition coefficient (Wildman–Crippen LogP) is 3.74. The van der Waals surface area contributed by atoms with E-state index < -0.39 is 0 Å². The molecule has 3 aromatic rings. The summed E-state index contributed by atoms with van der Waals surface area (Å²) in [5.41, 5.74) is 2.46. The third-order valence-corrected chi connectivity index (χ3v) is 4.17. The van der Waals surface area contributed by atoms with Crippen LogP contribution in [-0.2, 0) is 0 Å². The fourth-order valence-electron chi connectivity index (χ4n) is 2.75. The molecule has 5 heteroatoms. The molecule has 3 rings (SSSR count). The van der Waals surface area contributed by atoms with Gasteiger partial charge in [-0.2, -0.15) is 0 Å². The Labute approximate surface area is 153 Å². The van der Waals surface area contributed by atoms with Crippen LogP contribution in [0.4, 0.5) is 5.69 Å². The number of fused-ring (bicyclic) bond motifs is 1. The van der Waals surface area contributed by atoms with E-state index in [0.717, 1.165) is 22.9 Å². The zero-order valence-corrected chi connectivity index (χ0v) is 15.3. The summed E-state index contributed by atoms with van der Waals surface area (Å²) in [6.07, 6.45) is 1.63. The van der Waals surface area contributed by atoms with Gasteiger partial charge in [-0.25, -0.2) is 4.98 Å². The Morgan fingerprint density at radius 3 is 2.65 bits per heavy atom. The summed E-state index contributed by atoms with van der Waals surface area (Å²) in [5.74, 6) is 0.352. The van der Waals surface area contributed by atoms with Crippen molar-refractivity contribution in [3.63, 3.8) is 0 Å². The van der Waals surface area contributed by atoms with Crippen molar-refractivity contribution >= 4 is 22.4 Å². The lowest BCUT2D eigenvalue weighted by molar-refractivity contribution is 0.102. The maximum Gasteiger partial charge on any atom is 0.256 e. The van der Waals surface area contributed by atoms with Crippen LogP contribution in [0.25, 0.3) is 10.8 Å². The van der Waals surface area contributed by atoms with Gasteiger partial charge in [0.25, 0.3) is 5.91 Å². The summed E-state index contributed by atoms with van der Waals surface area (Å²) in [5, 5.41) is 4.97. The lowest BCUT2D eigenvalue weighted by atomic mass is 10.00. The number of benzene rings is 2. The highest BCUT2D eigenvalue weighted by Gasteiger charge is 2.12. The monoisotopic (exact) mass is 349 g/mol. The number of amides is 1. The molecule has 1 heterocycles. The fourth-order valence-corrected chi connectivity index (χ4v) is 2.75. The first-order chi connectivity index (χ1) is 12.5. The van der Waals surface area contributed by atoms with E-state index in [1.54, 1.807) is 18.3 Å². The third kappa shape index (κ3) is 4.18. The number of carbonyl (C=O) groups excluding carboxylic acids is 1. The molecule has 0 radical (unpaired) electrons. The van der Waals surface area contributed by atoms with Crippen molar-refractivity contribution < 1.29 is 9.53 Å². The van der Waals surface area contributed by atoms with E-state index in [0.29, 0.717) is 23.7 Å². The van der Waals surface area contributed by atoms with Crippen LogP contribution >= 0.6 is 0 Å². The first-order valence-electron chi connectivity index (χ1n) is 8.58. The zero-order chi connectivity index (χ0) is 18.5. The van der Waals surface area contributed by atoms with Crippen LogP contribution in [0.1, 0.15) is 15.9 Å². The zero-order valence-electron chi connectivity index (χ0n) is 15.3. The summed E-state index contributed by atoms with van der Waals surface area (Å²) in [6, 6.07) is 15.3. The molecule has 0 saturated heterocycles.